The number of alkyl halides is 4. The molecule has 0 aliphatic heterocycles. The first-order valence-corrected chi connectivity index (χ1v) is 21.8. The highest BCUT2D eigenvalue weighted by atomic mass is 19.3. The number of nitrogens with zero attached hydrogens (tertiary/aromatic N) is 2. The van der Waals surface area contributed by atoms with E-state index in [9.17, 15) is 41.0 Å². The molecule has 0 saturated carbocycles. The van der Waals surface area contributed by atoms with E-state index in [0.29, 0.717) is 22.9 Å². The van der Waals surface area contributed by atoms with Crippen LogP contribution in [0.2, 0.25) is 0 Å². The van der Waals surface area contributed by atoms with Crippen LogP contribution in [0.3, 0.4) is 0 Å². The van der Waals surface area contributed by atoms with Crippen molar-refractivity contribution in [3.63, 3.8) is 0 Å². The summed E-state index contributed by atoms with van der Waals surface area (Å²) in [4.78, 5) is 24.0. The zero-order valence-corrected chi connectivity index (χ0v) is 38.9. The van der Waals surface area contributed by atoms with Crippen LogP contribution in [0.4, 0.5) is 26.3 Å². The minimum Gasteiger partial charge on any atom is -0.488 e. The van der Waals surface area contributed by atoms with E-state index in [0.717, 1.165) is 56.2 Å². The summed E-state index contributed by atoms with van der Waals surface area (Å²) in [6, 6.07) is 39.5. The molecule has 10 nitrogen and oxygen atoms in total. The fourth-order valence-electron chi connectivity index (χ4n) is 7.75. The molecule has 71 heavy (non-hydrogen) atoms. The normalized spacial score (nSPS) is 11.0. The monoisotopic (exact) mass is 976 g/mol. The van der Waals surface area contributed by atoms with Gasteiger partial charge < -0.3 is 37.9 Å². The molecule has 0 unspecified atom stereocenters. The number of halogens is 6. The highest BCUT2D eigenvalue weighted by Gasteiger charge is 2.22. The molecule has 0 spiro atoms. The Kier molecular flexibility index (Phi) is 15.9. The number of aryl methyl sites for hydroxylation is 4. The van der Waals surface area contributed by atoms with E-state index >= 15 is 0 Å². The molecule has 2 heterocycles. The lowest BCUT2D eigenvalue weighted by molar-refractivity contribution is -0.0511. The van der Waals surface area contributed by atoms with Gasteiger partial charge in [0.05, 0.1) is 18.5 Å². The van der Waals surface area contributed by atoms with Crippen LogP contribution in [0.15, 0.2) is 146 Å². The molecule has 0 fully saturated rings. The van der Waals surface area contributed by atoms with Gasteiger partial charge in [-0.15, -0.1) is 0 Å². The molecule has 0 bridgehead atoms. The Morgan fingerprint density at radius 3 is 1.30 bits per heavy atom. The lowest BCUT2D eigenvalue weighted by Gasteiger charge is -2.18. The Bertz CT molecular complexity index is 3170. The van der Waals surface area contributed by atoms with Gasteiger partial charge in [0.15, 0.2) is 0 Å². The maximum Gasteiger partial charge on any atom is 0.387 e. The topological polar surface area (TPSA) is 110 Å². The van der Waals surface area contributed by atoms with Crippen LogP contribution in [-0.4, -0.2) is 46.5 Å². The minimum atomic E-state index is -3.14. The Hall–Kier alpha value is -8.40. The second kappa shape index (κ2) is 22.4. The van der Waals surface area contributed by atoms with Gasteiger partial charge >= 0.3 is 25.2 Å². The van der Waals surface area contributed by atoms with E-state index in [1.165, 1.54) is 61.7 Å². The third-order valence-corrected chi connectivity index (χ3v) is 11.1. The number of carboxylic acids is 1. The smallest absolute Gasteiger partial charge is 0.387 e. The average molecular weight is 977 g/mol. The molecular weight excluding hydrogens is 931 g/mol. The Morgan fingerprint density at radius 1 is 0.507 bits per heavy atom. The maximum absolute atomic E-state index is 13.3. The number of aromatic carboxylic acids is 1. The van der Waals surface area contributed by atoms with Crippen LogP contribution in [0.25, 0.3) is 33.9 Å². The summed E-state index contributed by atoms with van der Waals surface area (Å²) < 4.78 is 107. The van der Waals surface area contributed by atoms with Gasteiger partial charge in [0.2, 0.25) is 0 Å². The number of ether oxygens (including phenoxy) is 5. The lowest BCUT2D eigenvalue weighted by atomic mass is 10.1. The summed E-state index contributed by atoms with van der Waals surface area (Å²) in [6.07, 6.45) is 0. The molecule has 1 N–H and O–H groups in total. The van der Waals surface area contributed by atoms with Gasteiger partial charge in [0.1, 0.15) is 59.0 Å². The molecule has 8 rings (SSSR count). The highest BCUT2D eigenvalue weighted by Crippen LogP contribution is 2.38. The van der Waals surface area contributed by atoms with Gasteiger partial charge in [-0.2, -0.15) is 17.6 Å². The summed E-state index contributed by atoms with van der Waals surface area (Å²) in [7, 11) is 1.17. The maximum atomic E-state index is 13.3. The number of rotatable bonds is 16. The highest BCUT2D eigenvalue weighted by molar-refractivity contribution is 5.93. The number of carbonyl (C=O) groups is 2. The standard InChI is InChI=1S/C28H24F3NO4.C27H22F3NO4/c1-17-4-12-25(35-16-19-6-8-20(29)9-7-19)22(14-17)24-11-5-18(2)32(24)21-10-13-26(36-28(30)31)23(15-21)27(33)34-3;1-16-3-11-24(34-15-18-5-7-19(28)8-6-18)21(13-16)23-10-4-17(2)31(23)20-9-12-25(35-27(29)30)22(14-20)26(32)33/h4-15,28H,16H2,1-3H3;3-14,27H,15H2,1-2H3,(H,32,33). The second-order valence-corrected chi connectivity index (χ2v) is 16.1. The van der Waals surface area contributed by atoms with E-state index in [2.05, 4.69) is 9.47 Å². The van der Waals surface area contributed by atoms with Crippen LogP contribution in [0.1, 0.15) is 54.4 Å². The lowest BCUT2D eigenvalue weighted by Crippen LogP contribution is -2.11. The number of hydrogen-bond acceptors (Lipinski definition) is 7. The quantitative estimate of drug-likeness (QED) is 0.0753. The number of carbonyl (C=O) groups excluding carboxylic acids is 1. The first kappa shape index (κ1) is 50.5. The van der Waals surface area contributed by atoms with Crippen molar-refractivity contribution in [1.29, 1.82) is 0 Å². The van der Waals surface area contributed by atoms with Crippen molar-refractivity contribution in [2.24, 2.45) is 0 Å². The minimum absolute atomic E-state index is 0.119. The fraction of sp³-hybridized carbons (Fsp3) is 0.164. The van der Waals surface area contributed by atoms with E-state index < -0.39 is 30.9 Å². The summed E-state index contributed by atoms with van der Waals surface area (Å²) in [5, 5.41) is 9.55. The van der Waals surface area contributed by atoms with Gasteiger partial charge in [0.25, 0.3) is 0 Å². The largest absolute Gasteiger partial charge is 0.488 e. The summed E-state index contributed by atoms with van der Waals surface area (Å²) in [5.41, 5.74) is 8.78. The van der Waals surface area contributed by atoms with E-state index in [1.54, 1.807) is 30.3 Å². The number of methoxy groups -OCH3 is 1. The molecule has 0 saturated heterocycles. The third-order valence-electron chi connectivity index (χ3n) is 11.1. The van der Waals surface area contributed by atoms with Crippen molar-refractivity contribution in [1.82, 2.24) is 9.13 Å². The van der Waals surface area contributed by atoms with Gasteiger partial charge in [-0.1, -0.05) is 47.5 Å². The zero-order chi connectivity index (χ0) is 50.9. The first-order valence-electron chi connectivity index (χ1n) is 21.8. The average Bonchev–Trinajstić information content (AvgIpc) is 3.93. The number of carboxylic acid groups (broad SMARTS) is 1. The van der Waals surface area contributed by atoms with E-state index in [-0.39, 0.29) is 41.7 Å². The van der Waals surface area contributed by atoms with Crippen LogP contribution >= 0.6 is 0 Å². The molecule has 16 heteroatoms. The van der Waals surface area contributed by atoms with Gasteiger partial charge in [-0.3, -0.25) is 0 Å². The number of hydrogen-bond donors (Lipinski definition) is 1. The SMILES string of the molecule is COC(=O)c1cc(-n2c(C)ccc2-c2cc(C)ccc2OCc2ccc(F)cc2)ccc1OC(F)F.Cc1ccc(OCc2ccc(F)cc2)c(-c2ccc(C)n2-c2ccc(OC(F)F)c(C(=O)O)c2)c1. The van der Waals surface area contributed by atoms with Crippen molar-refractivity contribution >= 4 is 11.9 Å². The van der Waals surface area contributed by atoms with E-state index in [1.807, 2.05) is 97.5 Å². The molecule has 2 aromatic heterocycles. The molecular formula is C55H46F6N2O8. The van der Waals surface area contributed by atoms with Crippen molar-refractivity contribution in [3.05, 3.63) is 202 Å². The second-order valence-electron chi connectivity index (χ2n) is 16.1. The molecule has 0 radical (unpaired) electrons. The Balaban J connectivity index is 0.000000209. The van der Waals surface area contributed by atoms with Crippen molar-refractivity contribution < 1.29 is 64.7 Å². The molecule has 366 valence electrons. The molecule has 6 aromatic carbocycles. The summed E-state index contributed by atoms with van der Waals surface area (Å²) in [6.45, 7) is 1.86. The molecule has 0 amide bonds. The Labute approximate surface area is 404 Å². The third kappa shape index (κ3) is 12.3. The van der Waals surface area contributed by atoms with Gasteiger partial charge in [0, 0.05) is 33.9 Å². The van der Waals surface area contributed by atoms with Gasteiger partial charge in [-0.05, 0) is 148 Å². The van der Waals surface area contributed by atoms with Crippen molar-refractivity contribution in [3.8, 4) is 56.9 Å². The number of aromatic nitrogens is 2. The van der Waals surface area contributed by atoms with Gasteiger partial charge in [-0.25, -0.2) is 18.4 Å². The summed E-state index contributed by atoms with van der Waals surface area (Å²) >= 11 is 0. The zero-order valence-electron chi connectivity index (χ0n) is 38.9. The fourth-order valence-corrected chi connectivity index (χ4v) is 7.75. The van der Waals surface area contributed by atoms with Crippen molar-refractivity contribution in [2.45, 2.75) is 54.1 Å². The van der Waals surface area contributed by atoms with Crippen LogP contribution in [0.5, 0.6) is 23.0 Å². The van der Waals surface area contributed by atoms with Crippen LogP contribution in [0, 0.1) is 39.3 Å². The first-order chi connectivity index (χ1) is 34.0. The van der Waals surface area contributed by atoms with Crippen molar-refractivity contribution in [2.75, 3.05) is 7.11 Å². The van der Waals surface area contributed by atoms with Crippen LogP contribution < -0.4 is 18.9 Å². The molecule has 0 atom stereocenters. The number of esters is 1. The predicted octanol–water partition coefficient (Wildman–Crippen LogP) is 13.6. The van der Waals surface area contributed by atoms with Crippen LogP contribution in [-0.2, 0) is 18.0 Å². The summed E-state index contributed by atoms with van der Waals surface area (Å²) in [5.74, 6) is -2.33. The molecule has 0 aliphatic rings. The molecule has 8 aromatic rings. The number of benzene rings is 6. The Morgan fingerprint density at radius 2 is 0.901 bits per heavy atom. The van der Waals surface area contributed by atoms with E-state index in [4.69, 9.17) is 14.2 Å². The predicted molar refractivity (Wildman–Crippen MR) is 254 cm³/mol. The molecule has 0 aliphatic carbocycles.